The van der Waals surface area contributed by atoms with Crippen molar-refractivity contribution in [3.63, 3.8) is 0 Å². The van der Waals surface area contributed by atoms with Gasteiger partial charge in [0, 0.05) is 5.69 Å². The fourth-order valence-electron chi connectivity index (χ4n) is 2.68. The Kier molecular flexibility index (Phi) is 5.61. The summed E-state index contributed by atoms with van der Waals surface area (Å²) in [6.45, 7) is 0. The van der Waals surface area contributed by atoms with Crippen molar-refractivity contribution in [2.75, 3.05) is 5.32 Å². The van der Waals surface area contributed by atoms with Gasteiger partial charge < -0.3 is 15.7 Å². The predicted molar refractivity (Wildman–Crippen MR) is 107 cm³/mol. The number of phenolic OH excluding ortho intramolecular Hbond substituents is 1. The summed E-state index contributed by atoms with van der Waals surface area (Å²) >= 11 is 5.26. The van der Waals surface area contributed by atoms with E-state index in [4.69, 9.17) is 12.2 Å². The van der Waals surface area contributed by atoms with Gasteiger partial charge in [-0.1, -0.05) is 60.7 Å². The van der Waals surface area contributed by atoms with Crippen molar-refractivity contribution in [3.05, 3.63) is 96.1 Å². The molecule has 3 rings (SSSR count). The summed E-state index contributed by atoms with van der Waals surface area (Å²) in [5.41, 5.74) is 2.47. The van der Waals surface area contributed by atoms with Gasteiger partial charge in [-0.2, -0.15) is 0 Å². The number of carbonyl (C=O) groups is 1. The molecule has 0 aliphatic carbocycles. The zero-order valence-electron chi connectivity index (χ0n) is 13.9. The molecule has 0 saturated carbocycles. The molecule has 0 atom stereocenters. The molecule has 3 N–H and O–H groups in total. The number of phenols is 1. The van der Waals surface area contributed by atoms with Crippen LogP contribution in [0.2, 0.25) is 0 Å². The molecule has 0 aromatic heterocycles. The molecule has 0 aliphatic rings. The summed E-state index contributed by atoms with van der Waals surface area (Å²) in [6.07, 6.45) is 0. The first-order valence-corrected chi connectivity index (χ1v) is 8.55. The van der Waals surface area contributed by atoms with Gasteiger partial charge in [0.25, 0.3) is 0 Å². The van der Waals surface area contributed by atoms with E-state index in [2.05, 4.69) is 10.6 Å². The SMILES string of the molecule is O=C(NC(=S)Nc1ccc(O)cc1)C(c1ccccc1)c1ccccc1. The minimum absolute atomic E-state index is 0.165. The molecular weight excluding hydrogens is 344 g/mol. The van der Waals surface area contributed by atoms with Gasteiger partial charge in [0.1, 0.15) is 5.75 Å². The van der Waals surface area contributed by atoms with Crippen LogP contribution in [0.3, 0.4) is 0 Å². The van der Waals surface area contributed by atoms with E-state index >= 15 is 0 Å². The maximum atomic E-state index is 12.9. The molecule has 0 aliphatic heterocycles. The smallest absolute Gasteiger partial charge is 0.238 e. The number of benzene rings is 3. The Bertz CT molecular complexity index is 841. The van der Waals surface area contributed by atoms with E-state index in [9.17, 15) is 9.90 Å². The number of carbonyl (C=O) groups excluding carboxylic acids is 1. The van der Waals surface area contributed by atoms with Crippen molar-refractivity contribution in [1.82, 2.24) is 5.32 Å². The summed E-state index contributed by atoms with van der Waals surface area (Å²) in [6, 6.07) is 25.6. The first-order chi connectivity index (χ1) is 12.6. The lowest BCUT2D eigenvalue weighted by atomic mass is 9.90. The Morgan fingerprint density at radius 2 is 1.31 bits per heavy atom. The molecule has 3 aromatic carbocycles. The summed E-state index contributed by atoms with van der Waals surface area (Å²) < 4.78 is 0. The second-order valence-corrected chi connectivity index (χ2v) is 6.15. The molecule has 0 heterocycles. The number of anilines is 1. The number of thiocarbonyl (C=S) groups is 1. The summed E-state index contributed by atoms with van der Waals surface area (Å²) in [4.78, 5) is 12.9. The first-order valence-electron chi connectivity index (χ1n) is 8.14. The maximum Gasteiger partial charge on any atom is 0.238 e. The Balaban J connectivity index is 1.77. The third kappa shape index (κ3) is 4.46. The molecule has 5 heteroatoms. The quantitative estimate of drug-likeness (QED) is 0.484. The van der Waals surface area contributed by atoms with E-state index in [0.29, 0.717) is 5.69 Å². The fourth-order valence-corrected chi connectivity index (χ4v) is 2.90. The normalized spacial score (nSPS) is 10.3. The van der Waals surface area contributed by atoms with Crippen LogP contribution in [-0.4, -0.2) is 16.1 Å². The van der Waals surface area contributed by atoms with Crippen LogP contribution in [0, 0.1) is 0 Å². The number of hydrogen-bond acceptors (Lipinski definition) is 3. The molecule has 0 radical (unpaired) electrons. The molecule has 130 valence electrons. The van der Waals surface area contributed by atoms with Crippen molar-refractivity contribution in [2.45, 2.75) is 5.92 Å². The molecule has 1 amide bonds. The van der Waals surface area contributed by atoms with E-state index < -0.39 is 5.92 Å². The van der Waals surface area contributed by atoms with Crippen LogP contribution in [-0.2, 0) is 4.79 Å². The lowest BCUT2D eigenvalue weighted by Gasteiger charge is -2.18. The van der Waals surface area contributed by atoms with Crippen molar-refractivity contribution in [1.29, 1.82) is 0 Å². The van der Waals surface area contributed by atoms with Gasteiger partial charge >= 0.3 is 0 Å². The van der Waals surface area contributed by atoms with E-state index in [1.807, 2.05) is 60.7 Å². The third-order valence-corrected chi connectivity index (χ3v) is 4.09. The molecule has 0 fully saturated rings. The highest BCUT2D eigenvalue weighted by molar-refractivity contribution is 7.80. The highest BCUT2D eigenvalue weighted by atomic mass is 32.1. The number of amides is 1. The number of hydrogen-bond donors (Lipinski definition) is 3. The molecule has 0 spiro atoms. The summed E-state index contributed by atoms with van der Waals surface area (Å²) in [7, 11) is 0. The van der Waals surface area contributed by atoms with Gasteiger partial charge in [0.2, 0.25) is 5.91 Å². The first kappa shape index (κ1) is 17.6. The molecular formula is C21H18N2O2S. The molecule has 0 bridgehead atoms. The average Bonchev–Trinajstić information content (AvgIpc) is 2.65. The van der Waals surface area contributed by atoms with E-state index in [0.717, 1.165) is 11.1 Å². The van der Waals surface area contributed by atoms with Crippen molar-refractivity contribution < 1.29 is 9.90 Å². The fraction of sp³-hybridized carbons (Fsp3) is 0.0476. The molecule has 0 unspecified atom stereocenters. The second-order valence-electron chi connectivity index (χ2n) is 5.74. The van der Waals surface area contributed by atoms with Gasteiger partial charge in [-0.25, -0.2) is 0 Å². The standard InChI is InChI=1S/C21H18N2O2S/c24-18-13-11-17(12-14-18)22-21(26)23-20(25)19(15-7-3-1-4-8-15)16-9-5-2-6-10-16/h1-14,19,24H,(H2,22,23,25,26). The molecule has 3 aromatic rings. The van der Waals surface area contributed by atoms with E-state index in [1.54, 1.807) is 24.3 Å². The number of nitrogens with one attached hydrogen (secondary N) is 2. The second kappa shape index (κ2) is 8.27. The Hall–Kier alpha value is -3.18. The summed E-state index contributed by atoms with van der Waals surface area (Å²) in [5, 5.41) is 15.2. The van der Waals surface area contributed by atoms with Crippen LogP contribution in [0.1, 0.15) is 17.0 Å². The van der Waals surface area contributed by atoms with Crippen LogP contribution in [0.15, 0.2) is 84.9 Å². The maximum absolute atomic E-state index is 12.9. The topological polar surface area (TPSA) is 61.4 Å². The van der Waals surface area contributed by atoms with E-state index in [-0.39, 0.29) is 16.8 Å². The van der Waals surface area contributed by atoms with Crippen molar-refractivity contribution >= 4 is 28.9 Å². The molecule has 0 saturated heterocycles. The lowest BCUT2D eigenvalue weighted by molar-refractivity contribution is -0.120. The highest BCUT2D eigenvalue weighted by Crippen LogP contribution is 2.24. The Morgan fingerprint density at radius 1 is 0.808 bits per heavy atom. The Morgan fingerprint density at radius 3 is 1.81 bits per heavy atom. The largest absolute Gasteiger partial charge is 0.508 e. The van der Waals surface area contributed by atoms with Crippen LogP contribution in [0.4, 0.5) is 5.69 Å². The Labute approximate surface area is 157 Å². The molecule has 4 nitrogen and oxygen atoms in total. The van der Waals surface area contributed by atoms with Crippen molar-refractivity contribution in [2.24, 2.45) is 0 Å². The number of rotatable bonds is 4. The third-order valence-electron chi connectivity index (χ3n) is 3.89. The van der Waals surface area contributed by atoms with Gasteiger partial charge in [0.05, 0.1) is 5.92 Å². The zero-order valence-corrected chi connectivity index (χ0v) is 14.7. The summed E-state index contributed by atoms with van der Waals surface area (Å²) in [5.74, 6) is -0.505. The van der Waals surface area contributed by atoms with E-state index in [1.165, 1.54) is 0 Å². The predicted octanol–water partition coefficient (Wildman–Crippen LogP) is 4.04. The number of aromatic hydroxyl groups is 1. The van der Waals surface area contributed by atoms with Gasteiger partial charge in [0.15, 0.2) is 5.11 Å². The monoisotopic (exact) mass is 362 g/mol. The minimum atomic E-state index is -0.461. The van der Waals surface area contributed by atoms with Gasteiger partial charge in [-0.15, -0.1) is 0 Å². The van der Waals surface area contributed by atoms with Crippen LogP contribution < -0.4 is 10.6 Å². The minimum Gasteiger partial charge on any atom is -0.508 e. The van der Waals surface area contributed by atoms with Crippen LogP contribution in [0.25, 0.3) is 0 Å². The average molecular weight is 362 g/mol. The highest BCUT2D eigenvalue weighted by Gasteiger charge is 2.23. The van der Waals surface area contributed by atoms with Crippen LogP contribution >= 0.6 is 12.2 Å². The zero-order chi connectivity index (χ0) is 18.4. The molecule has 26 heavy (non-hydrogen) atoms. The van der Waals surface area contributed by atoms with Crippen LogP contribution in [0.5, 0.6) is 5.75 Å². The van der Waals surface area contributed by atoms with Gasteiger partial charge in [-0.3, -0.25) is 4.79 Å². The lowest BCUT2D eigenvalue weighted by Crippen LogP contribution is -2.37. The van der Waals surface area contributed by atoms with Crippen molar-refractivity contribution in [3.8, 4) is 5.75 Å². The van der Waals surface area contributed by atoms with Gasteiger partial charge in [-0.05, 0) is 47.6 Å².